The van der Waals surface area contributed by atoms with Gasteiger partial charge in [0.1, 0.15) is 0 Å². The molecule has 110 valence electrons. The molecular formula is C14H26N2O3. The Kier molecular flexibility index (Phi) is 5.20. The second-order valence-electron chi connectivity index (χ2n) is 6.30. The Morgan fingerprint density at radius 2 is 1.63 bits per heavy atom. The van der Waals surface area contributed by atoms with Gasteiger partial charge < -0.3 is 15.7 Å². The third-order valence-electron chi connectivity index (χ3n) is 4.11. The minimum Gasteiger partial charge on any atom is -0.481 e. The highest BCUT2D eigenvalue weighted by atomic mass is 16.4. The van der Waals surface area contributed by atoms with Gasteiger partial charge in [-0.2, -0.15) is 0 Å². The molecular weight excluding hydrogens is 244 g/mol. The van der Waals surface area contributed by atoms with Gasteiger partial charge in [-0.05, 0) is 30.6 Å². The number of hydrogen-bond acceptors (Lipinski definition) is 2. The van der Waals surface area contributed by atoms with E-state index in [9.17, 15) is 9.59 Å². The number of amides is 2. The first-order valence-electron chi connectivity index (χ1n) is 7.03. The first kappa shape index (κ1) is 15.8. The van der Waals surface area contributed by atoms with E-state index in [0.29, 0.717) is 37.1 Å². The Hall–Kier alpha value is -1.26. The summed E-state index contributed by atoms with van der Waals surface area (Å²) in [5.74, 6) is 0.637. The molecule has 0 aromatic carbocycles. The van der Waals surface area contributed by atoms with Crippen molar-refractivity contribution < 1.29 is 14.7 Å². The third-order valence-corrected chi connectivity index (χ3v) is 4.11. The SMILES string of the molecule is CC(C)C(CNC(=O)NCC1(C(=O)O)CC1)C(C)C. The zero-order valence-electron chi connectivity index (χ0n) is 12.3. The van der Waals surface area contributed by atoms with Crippen molar-refractivity contribution in [1.29, 1.82) is 0 Å². The molecule has 0 bridgehead atoms. The monoisotopic (exact) mass is 270 g/mol. The average Bonchev–Trinajstić information content (AvgIpc) is 3.06. The zero-order valence-corrected chi connectivity index (χ0v) is 12.3. The molecule has 3 N–H and O–H groups in total. The van der Waals surface area contributed by atoms with Crippen LogP contribution in [0, 0.1) is 23.2 Å². The fourth-order valence-electron chi connectivity index (χ4n) is 2.38. The fraction of sp³-hybridized carbons (Fsp3) is 0.857. The van der Waals surface area contributed by atoms with Crippen LogP contribution in [0.4, 0.5) is 4.79 Å². The Morgan fingerprint density at radius 3 is 2.00 bits per heavy atom. The second kappa shape index (κ2) is 6.26. The van der Waals surface area contributed by atoms with Crippen LogP contribution in [-0.2, 0) is 4.79 Å². The molecule has 0 radical (unpaired) electrons. The van der Waals surface area contributed by atoms with Gasteiger partial charge in [0.25, 0.3) is 0 Å². The maximum absolute atomic E-state index is 11.7. The topological polar surface area (TPSA) is 78.4 Å². The van der Waals surface area contributed by atoms with E-state index >= 15 is 0 Å². The molecule has 1 aliphatic carbocycles. The van der Waals surface area contributed by atoms with Gasteiger partial charge in [-0.1, -0.05) is 27.7 Å². The van der Waals surface area contributed by atoms with Gasteiger partial charge >= 0.3 is 12.0 Å². The molecule has 1 aliphatic rings. The average molecular weight is 270 g/mol. The van der Waals surface area contributed by atoms with Crippen LogP contribution in [0.15, 0.2) is 0 Å². The van der Waals surface area contributed by atoms with Gasteiger partial charge in [0.2, 0.25) is 0 Å². The maximum atomic E-state index is 11.7. The predicted molar refractivity (Wildman–Crippen MR) is 73.9 cm³/mol. The van der Waals surface area contributed by atoms with Crippen molar-refractivity contribution in [2.75, 3.05) is 13.1 Å². The molecule has 0 aromatic heterocycles. The summed E-state index contributed by atoms with van der Waals surface area (Å²) in [5, 5.41) is 14.5. The molecule has 19 heavy (non-hydrogen) atoms. The van der Waals surface area contributed by atoms with Crippen molar-refractivity contribution in [3.05, 3.63) is 0 Å². The molecule has 0 unspecified atom stereocenters. The van der Waals surface area contributed by atoms with E-state index in [-0.39, 0.29) is 12.6 Å². The van der Waals surface area contributed by atoms with E-state index in [1.807, 2.05) is 0 Å². The molecule has 0 spiro atoms. The van der Waals surface area contributed by atoms with Gasteiger partial charge in [-0.3, -0.25) is 4.79 Å². The van der Waals surface area contributed by atoms with Crippen molar-refractivity contribution in [2.45, 2.75) is 40.5 Å². The van der Waals surface area contributed by atoms with Crippen molar-refractivity contribution >= 4 is 12.0 Å². The second-order valence-corrected chi connectivity index (χ2v) is 6.30. The summed E-state index contributed by atoms with van der Waals surface area (Å²) < 4.78 is 0. The molecule has 0 heterocycles. The predicted octanol–water partition coefficient (Wildman–Crippen LogP) is 2.08. The lowest BCUT2D eigenvalue weighted by molar-refractivity contribution is -0.143. The molecule has 1 saturated carbocycles. The zero-order chi connectivity index (χ0) is 14.6. The minimum absolute atomic E-state index is 0.224. The van der Waals surface area contributed by atoms with Gasteiger partial charge in [-0.25, -0.2) is 4.79 Å². The summed E-state index contributed by atoms with van der Waals surface area (Å²) in [5.41, 5.74) is -0.702. The van der Waals surface area contributed by atoms with Gasteiger partial charge in [0.15, 0.2) is 0 Å². The third kappa shape index (κ3) is 4.40. The number of hydrogen-bond donors (Lipinski definition) is 3. The van der Waals surface area contributed by atoms with Crippen LogP contribution >= 0.6 is 0 Å². The summed E-state index contributed by atoms with van der Waals surface area (Å²) >= 11 is 0. The van der Waals surface area contributed by atoms with Crippen LogP contribution in [0.5, 0.6) is 0 Å². The molecule has 5 heteroatoms. The molecule has 5 nitrogen and oxygen atoms in total. The van der Waals surface area contributed by atoms with E-state index in [2.05, 4.69) is 38.3 Å². The molecule has 0 aromatic rings. The number of carboxylic acid groups (broad SMARTS) is 1. The van der Waals surface area contributed by atoms with Crippen LogP contribution in [0.25, 0.3) is 0 Å². The highest BCUT2D eigenvalue weighted by Gasteiger charge is 2.50. The van der Waals surface area contributed by atoms with E-state index in [1.165, 1.54) is 0 Å². The van der Waals surface area contributed by atoms with Crippen LogP contribution in [0.3, 0.4) is 0 Å². The van der Waals surface area contributed by atoms with E-state index < -0.39 is 11.4 Å². The van der Waals surface area contributed by atoms with Crippen LogP contribution in [-0.4, -0.2) is 30.2 Å². The molecule has 0 saturated heterocycles. The Bertz CT molecular complexity index is 328. The molecule has 1 rings (SSSR count). The number of rotatable bonds is 7. The van der Waals surface area contributed by atoms with Crippen molar-refractivity contribution in [1.82, 2.24) is 10.6 Å². The number of carbonyl (C=O) groups excluding carboxylic acids is 1. The van der Waals surface area contributed by atoms with Crippen molar-refractivity contribution in [2.24, 2.45) is 23.2 Å². The molecule has 0 atom stereocenters. The van der Waals surface area contributed by atoms with Gasteiger partial charge in [-0.15, -0.1) is 0 Å². The molecule has 0 aliphatic heterocycles. The lowest BCUT2D eigenvalue weighted by Crippen LogP contribution is -2.43. The van der Waals surface area contributed by atoms with Crippen LogP contribution in [0.2, 0.25) is 0 Å². The summed E-state index contributed by atoms with van der Waals surface area (Å²) in [7, 11) is 0. The maximum Gasteiger partial charge on any atom is 0.314 e. The summed E-state index contributed by atoms with van der Waals surface area (Å²) in [6, 6.07) is -0.265. The minimum atomic E-state index is -0.810. The molecule has 2 amide bonds. The summed E-state index contributed by atoms with van der Waals surface area (Å²) in [6.45, 7) is 9.44. The first-order chi connectivity index (χ1) is 8.78. The van der Waals surface area contributed by atoms with Crippen molar-refractivity contribution in [3.8, 4) is 0 Å². The number of urea groups is 1. The summed E-state index contributed by atoms with van der Waals surface area (Å²) in [6.07, 6.45) is 1.31. The standard InChI is InChI=1S/C14H26N2O3/c1-9(2)11(10(3)4)7-15-13(19)16-8-14(5-6-14)12(17)18/h9-11H,5-8H2,1-4H3,(H,17,18)(H2,15,16,19). The van der Waals surface area contributed by atoms with Crippen molar-refractivity contribution in [3.63, 3.8) is 0 Å². The normalized spacial score (nSPS) is 16.8. The highest BCUT2D eigenvalue weighted by Crippen LogP contribution is 2.45. The Balaban J connectivity index is 2.30. The van der Waals surface area contributed by atoms with E-state index in [1.54, 1.807) is 0 Å². The fourth-order valence-corrected chi connectivity index (χ4v) is 2.38. The lowest BCUT2D eigenvalue weighted by Gasteiger charge is -2.25. The summed E-state index contributed by atoms with van der Waals surface area (Å²) in [4.78, 5) is 22.6. The number of aliphatic carboxylic acids is 1. The Morgan fingerprint density at radius 1 is 1.11 bits per heavy atom. The Labute approximate surface area is 115 Å². The molecule has 1 fully saturated rings. The largest absolute Gasteiger partial charge is 0.481 e. The highest BCUT2D eigenvalue weighted by molar-refractivity contribution is 5.80. The van der Waals surface area contributed by atoms with Crippen LogP contribution < -0.4 is 10.6 Å². The first-order valence-corrected chi connectivity index (χ1v) is 7.03. The number of nitrogens with one attached hydrogen (secondary N) is 2. The van der Waals surface area contributed by atoms with E-state index in [4.69, 9.17) is 5.11 Å². The quantitative estimate of drug-likeness (QED) is 0.662. The van der Waals surface area contributed by atoms with Crippen LogP contribution in [0.1, 0.15) is 40.5 Å². The van der Waals surface area contributed by atoms with Gasteiger partial charge in [0.05, 0.1) is 5.41 Å². The lowest BCUT2D eigenvalue weighted by atomic mass is 9.85. The number of carboxylic acids is 1. The van der Waals surface area contributed by atoms with E-state index in [0.717, 1.165) is 0 Å². The number of carbonyl (C=O) groups is 2. The smallest absolute Gasteiger partial charge is 0.314 e. The van der Waals surface area contributed by atoms with Gasteiger partial charge in [0, 0.05) is 13.1 Å².